The molecule has 2 heterocycles. The van der Waals surface area contributed by atoms with Gasteiger partial charge in [0.05, 0.1) is 12.3 Å². The van der Waals surface area contributed by atoms with Crippen LogP contribution < -0.4 is 10.1 Å². The van der Waals surface area contributed by atoms with Gasteiger partial charge in [0.1, 0.15) is 6.33 Å². The molecule has 17 heavy (non-hydrogen) atoms. The minimum absolute atomic E-state index is 0.0658. The molecule has 1 N–H and O–H groups in total. The van der Waals surface area contributed by atoms with E-state index in [1.807, 2.05) is 0 Å². The van der Waals surface area contributed by atoms with Crippen LogP contribution in [-0.2, 0) is 9.53 Å². The molecule has 2 rings (SSSR count). The highest BCUT2D eigenvalue weighted by atomic mass is 35.5. The number of aromatic nitrogens is 2. The van der Waals surface area contributed by atoms with Crippen molar-refractivity contribution >= 4 is 23.4 Å². The average Bonchev–Trinajstić information content (AvgIpc) is 2.29. The lowest BCUT2D eigenvalue weighted by molar-refractivity contribution is -0.141. The number of hydrogen-bond acceptors (Lipinski definition) is 6. The maximum absolute atomic E-state index is 11.6. The maximum Gasteiger partial charge on any atom is 0.376 e. The van der Waals surface area contributed by atoms with E-state index in [1.165, 1.54) is 6.33 Å². The van der Waals surface area contributed by atoms with Gasteiger partial charge in [-0.15, -0.1) is 0 Å². The maximum atomic E-state index is 11.6. The lowest BCUT2D eigenvalue weighted by atomic mass is 10.3. The third-order valence-electron chi connectivity index (χ3n) is 2.07. The van der Waals surface area contributed by atoms with Crippen molar-refractivity contribution in [3.8, 4) is 5.75 Å². The van der Waals surface area contributed by atoms with Crippen molar-refractivity contribution in [3.63, 3.8) is 0 Å². The molecule has 6 nitrogen and oxygen atoms in total. The molecule has 0 amide bonds. The number of anilines is 1. The first-order valence-electron chi connectivity index (χ1n) is 4.96. The van der Waals surface area contributed by atoms with Crippen LogP contribution in [0.2, 0.25) is 5.15 Å². The molecule has 0 saturated heterocycles. The van der Waals surface area contributed by atoms with Crippen molar-refractivity contribution in [1.29, 1.82) is 0 Å². The number of allylic oxidation sites excluding steroid dienone is 1. The second-order valence-electron chi connectivity index (χ2n) is 3.24. The lowest BCUT2D eigenvalue weighted by Gasteiger charge is -2.20. The normalized spacial score (nSPS) is 13.6. The van der Waals surface area contributed by atoms with Gasteiger partial charge in [0.2, 0.25) is 11.5 Å². The molecule has 90 valence electrons. The highest BCUT2D eigenvalue weighted by Crippen LogP contribution is 2.35. The minimum Gasteiger partial charge on any atom is -0.460 e. The summed E-state index contributed by atoms with van der Waals surface area (Å²) in [7, 11) is 0. The van der Waals surface area contributed by atoms with Gasteiger partial charge in [0.15, 0.2) is 11.0 Å². The highest BCUT2D eigenvalue weighted by Gasteiger charge is 2.26. The predicted molar refractivity (Wildman–Crippen MR) is 60.6 cm³/mol. The largest absolute Gasteiger partial charge is 0.460 e. The van der Waals surface area contributed by atoms with Crippen molar-refractivity contribution in [2.24, 2.45) is 0 Å². The van der Waals surface area contributed by atoms with E-state index in [1.54, 1.807) is 13.8 Å². The highest BCUT2D eigenvalue weighted by molar-refractivity contribution is 6.31. The Hall–Kier alpha value is -1.82. The van der Waals surface area contributed by atoms with Crippen molar-refractivity contribution in [3.05, 3.63) is 22.9 Å². The third kappa shape index (κ3) is 2.16. The van der Waals surface area contributed by atoms with E-state index in [0.29, 0.717) is 11.5 Å². The quantitative estimate of drug-likeness (QED) is 0.641. The summed E-state index contributed by atoms with van der Waals surface area (Å²) in [6, 6.07) is 0. The monoisotopic (exact) mass is 255 g/mol. The molecule has 1 aromatic rings. The second kappa shape index (κ2) is 4.58. The van der Waals surface area contributed by atoms with Crippen LogP contribution in [0.4, 0.5) is 5.82 Å². The first-order chi connectivity index (χ1) is 8.13. The summed E-state index contributed by atoms with van der Waals surface area (Å²) < 4.78 is 10.2. The number of fused-ring (bicyclic) bond motifs is 1. The van der Waals surface area contributed by atoms with Gasteiger partial charge in [-0.1, -0.05) is 11.6 Å². The molecule has 0 atom stereocenters. The van der Waals surface area contributed by atoms with E-state index < -0.39 is 5.97 Å². The Labute approximate surface area is 103 Å². The first kappa shape index (κ1) is 11.7. The Kier molecular flexibility index (Phi) is 3.14. The van der Waals surface area contributed by atoms with Crippen LogP contribution in [0.3, 0.4) is 0 Å². The van der Waals surface area contributed by atoms with Gasteiger partial charge in [-0.2, -0.15) is 0 Å². The van der Waals surface area contributed by atoms with E-state index in [2.05, 4.69) is 15.3 Å². The average molecular weight is 256 g/mol. The fourth-order valence-corrected chi connectivity index (χ4v) is 1.51. The Bertz CT molecular complexity index is 502. The van der Waals surface area contributed by atoms with E-state index in [4.69, 9.17) is 21.1 Å². The zero-order valence-electron chi connectivity index (χ0n) is 9.28. The van der Waals surface area contributed by atoms with Gasteiger partial charge in [0, 0.05) is 0 Å². The second-order valence-corrected chi connectivity index (χ2v) is 3.60. The van der Waals surface area contributed by atoms with Crippen molar-refractivity contribution in [2.45, 2.75) is 13.8 Å². The Balaban J connectivity index is 2.34. The molecule has 0 radical (unpaired) electrons. The minimum atomic E-state index is -0.553. The molecule has 0 fully saturated rings. The van der Waals surface area contributed by atoms with Crippen LogP contribution in [0.5, 0.6) is 5.75 Å². The number of carbonyl (C=O) groups is 1. The molecular formula is C10H10ClN3O3. The molecule has 7 heteroatoms. The molecule has 0 unspecified atom stereocenters. The van der Waals surface area contributed by atoms with Gasteiger partial charge in [-0.05, 0) is 13.8 Å². The standard InChI is InChI=1S/C10H10ClN3O3/c1-3-16-10(15)6-5(2)14-9-7(17-6)8(11)12-4-13-9/h4H,3H2,1-2H3,(H,12,13,14). The molecular weight excluding hydrogens is 246 g/mol. The molecule has 0 aliphatic carbocycles. The van der Waals surface area contributed by atoms with Gasteiger partial charge in [-0.25, -0.2) is 14.8 Å². The van der Waals surface area contributed by atoms with Crippen molar-refractivity contribution in [1.82, 2.24) is 9.97 Å². The van der Waals surface area contributed by atoms with Crippen molar-refractivity contribution < 1.29 is 14.3 Å². The van der Waals surface area contributed by atoms with E-state index in [9.17, 15) is 4.79 Å². The topological polar surface area (TPSA) is 73.3 Å². The Morgan fingerprint density at radius 1 is 1.59 bits per heavy atom. The molecule has 0 saturated carbocycles. The molecule has 0 spiro atoms. The number of ether oxygens (including phenoxy) is 2. The zero-order valence-corrected chi connectivity index (χ0v) is 10.0. The Morgan fingerprint density at radius 3 is 3.06 bits per heavy atom. The van der Waals surface area contributed by atoms with Gasteiger partial charge >= 0.3 is 5.97 Å². The van der Waals surface area contributed by atoms with Crippen LogP contribution >= 0.6 is 11.6 Å². The van der Waals surface area contributed by atoms with Crippen LogP contribution in [0.1, 0.15) is 13.8 Å². The summed E-state index contributed by atoms with van der Waals surface area (Å²) in [6.45, 7) is 3.67. The summed E-state index contributed by atoms with van der Waals surface area (Å²) in [5.41, 5.74) is 0.519. The first-order valence-corrected chi connectivity index (χ1v) is 5.34. The SMILES string of the molecule is CCOC(=O)C1=C(C)Nc2ncnc(Cl)c2O1. The molecule has 1 aliphatic heterocycles. The van der Waals surface area contributed by atoms with Crippen LogP contribution in [-0.4, -0.2) is 22.5 Å². The van der Waals surface area contributed by atoms with Gasteiger partial charge in [0.25, 0.3) is 0 Å². The molecule has 1 aliphatic rings. The molecule has 1 aromatic heterocycles. The van der Waals surface area contributed by atoms with Crippen molar-refractivity contribution in [2.75, 3.05) is 11.9 Å². The van der Waals surface area contributed by atoms with Crippen LogP contribution in [0.15, 0.2) is 17.8 Å². The fraction of sp³-hybridized carbons (Fsp3) is 0.300. The van der Waals surface area contributed by atoms with Crippen LogP contribution in [0, 0.1) is 0 Å². The predicted octanol–water partition coefficient (Wildman–Crippen LogP) is 1.73. The van der Waals surface area contributed by atoms with Crippen LogP contribution in [0.25, 0.3) is 0 Å². The van der Waals surface area contributed by atoms with E-state index in [0.717, 1.165) is 0 Å². The number of halogens is 1. The number of esters is 1. The number of hydrogen-bond donors (Lipinski definition) is 1. The number of nitrogens with one attached hydrogen (secondary N) is 1. The number of nitrogens with zero attached hydrogens (tertiary/aromatic N) is 2. The van der Waals surface area contributed by atoms with E-state index >= 15 is 0 Å². The summed E-state index contributed by atoms with van der Waals surface area (Å²) >= 11 is 5.85. The molecule has 0 bridgehead atoms. The summed E-state index contributed by atoms with van der Waals surface area (Å²) in [5, 5.41) is 3.04. The van der Waals surface area contributed by atoms with Gasteiger partial charge < -0.3 is 14.8 Å². The number of carbonyl (C=O) groups excluding carboxylic acids is 1. The Morgan fingerprint density at radius 2 is 2.35 bits per heavy atom. The van der Waals surface area contributed by atoms with E-state index in [-0.39, 0.29) is 23.3 Å². The third-order valence-corrected chi connectivity index (χ3v) is 2.34. The van der Waals surface area contributed by atoms with Gasteiger partial charge in [-0.3, -0.25) is 0 Å². The molecule has 0 aromatic carbocycles. The smallest absolute Gasteiger partial charge is 0.376 e. The zero-order chi connectivity index (χ0) is 12.4. The fourth-order valence-electron chi connectivity index (χ4n) is 1.34. The summed E-state index contributed by atoms with van der Waals surface area (Å²) in [6.07, 6.45) is 1.31. The summed E-state index contributed by atoms with van der Waals surface area (Å²) in [5.74, 6) is 0.164. The number of rotatable bonds is 2. The summed E-state index contributed by atoms with van der Waals surface area (Å²) in [4.78, 5) is 19.3. The lowest BCUT2D eigenvalue weighted by Crippen LogP contribution is -2.22.